The number of aromatic nitrogens is 2. The summed E-state index contributed by atoms with van der Waals surface area (Å²) in [6.07, 6.45) is 3.54. The lowest BCUT2D eigenvalue weighted by Crippen LogP contribution is -2.33. The number of rotatable bonds is 9. The molecule has 0 aliphatic heterocycles. The van der Waals surface area contributed by atoms with Crippen molar-refractivity contribution in [1.82, 2.24) is 14.5 Å². The first-order chi connectivity index (χ1) is 9.48. The SMILES string of the molecule is CCCCN(CCCC)S(=O)(=O)c1c(CO)n[nH]c1C. The van der Waals surface area contributed by atoms with Crippen molar-refractivity contribution in [3.8, 4) is 0 Å². The third-order valence-corrected chi connectivity index (χ3v) is 5.33. The quantitative estimate of drug-likeness (QED) is 0.728. The first-order valence-electron chi connectivity index (χ1n) is 7.13. The van der Waals surface area contributed by atoms with Gasteiger partial charge in [0.15, 0.2) is 0 Å². The number of nitrogens with zero attached hydrogens (tertiary/aromatic N) is 2. The second-order valence-corrected chi connectivity index (χ2v) is 6.77. The summed E-state index contributed by atoms with van der Waals surface area (Å²) in [6, 6.07) is 0. The van der Waals surface area contributed by atoms with Gasteiger partial charge in [0.2, 0.25) is 10.0 Å². The largest absolute Gasteiger partial charge is 0.390 e. The molecule has 0 aromatic carbocycles. The van der Waals surface area contributed by atoms with Crippen LogP contribution in [0.4, 0.5) is 0 Å². The molecule has 0 saturated carbocycles. The molecule has 0 atom stereocenters. The van der Waals surface area contributed by atoms with E-state index >= 15 is 0 Å². The Hall–Kier alpha value is -0.920. The number of aliphatic hydroxyl groups excluding tert-OH is 1. The van der Waals surface area contributed by atoms with Gasteiger partial charge in [0, 0.05) is 13.1 Å². The topological polar surface area (TPSA) is 86.3 Å². The minimum atomic E-state index is -3.60. The van der Waals surface area contributed by atoms with E-state index < -0.39 is 10.0 Å². The van der Waals surface area contributed by atoms with Crippen molar-refractivity contribution in [2.24, 2.45) is 0 Å². The first kappa shape index (κ1) is 17.1. The van der Waals surface area contributed by atoms with Gasteiger partial charge in [0.1, 0.15) is 10.6 Å². The molecule has 2 N–H and O–H groups in total. The molecular formula is C13H25N3O3S. The minimum Gasteiger partial charge on any atom is -0.390 e. The van der Waals surface area contributed by atoms with E-state index in [1.54, 1.807) is 6.92 Å². The van der Waals surface area contributed by atoms with E-state index in [9.17, 15) is 13.5 Å². The lowest BCUT2D eigenvalue weighted by atomic mass is 10.3. The van der Waals surface area contributed by atoms with E-state index in [0.29, 0.717) is 18.8 Å². The number of unbranched alkanes of at least 4 members (excludes halogenated alkanes) is 2. The van der Waals surface area contributed by atoms with Gasteiger partial charge in [-0.05, 0) is 19.8 Å². The first-order valence-corrected chi connectivity index (χ1v) is 8.57. The maximum Gasteiger partial charge on any atom is 0.246 e. The number of aliphatic hydroxyl groups is 1. The number of hydrogen-bond acceptors (Lipinski definition) is 4. The molecule has 0 spiro atoms. The molecule has 20 heavy (non-hydrogen) atoms. The average molecular weight is 303 g/mol. The molecule has 0 aliphatic carbocycles. The Kier molecular flexibility index (Phi) is 6.64. The van der Waals surface area contributed by atoms with Crippen LogP contribution in [0.3, 0.4) is 0 Å². The van der Waals surface area contributed by atoms with Gasteiger partial charge in [-0.3, -0.25) is 5.10 Å². The van der Waals surface area contributed by atoms with E-state index in [-0.39, 0.29) is 17.2 Å². The molecule has 1 rings (SSSR count). The molecule has 6 nitrogen and oxygen atoms in total. The highest BCUT2D eigenvalue weighted by Crippen LogP contribution is 2.23. The Morgan fingerprint density at radius 3 is 2.20 bits per heavy atom. The lowest BCUT2D eigenvalue weighted by molar-refractivity contribution is 0.273. The summed E-state index contributed by atoms with van der Waals surface area (Å²) in [4.78, 5) is 0.132. The molecule has 7 heteroatoms. The Bertz CT molecular complexity index is 503. The number of aryl methyl sites for hydroxylation is 1. The van der Waals surface area contributed by atoms with Crippen LogP contribution in [-0.2, 0) is 16.6 Å². The molecule has 0 fully saturated rings. The van der Waals surface area contributed by atoms with Crippen molar-refractivity contribution in [3.63, 3.8) is 0 Å². The molecule has 0 unspecified atom stereocenters. The Morgan fingerprint density at radius 1 is 1.20 bits per heavy atom. The van der Waals surface area contributed by atoms with Gasteiger partial charge in [-0.25, -0.2) is 8.42 Å². The van der Waals surface area contributed by atoms with Crippen LogP contribution in [0.1, 0.15) is 50.9 Å². The summed E-state index contributed by atoms with van der Waals surface area (Å²) in [6.45, 7) is 6.37. The zero-order valence-electron chi connectivity index (χ0n) is 12.5. The van der Waals surface area contributed by atoms with E-state index in [1.165, 1.54) is 4.31 Å². The van der Waals surface area contributed by atoms with Gasteiger partial charge < -0.3 is 5.11 Å². The summed E-state index contributed by atoms with van der Waals surface area (Å²) < 4.78 is 27.0. The van der Waals surface area contributed by atoms with Crippen molar-refractivity contribution in [3.05, 3.63) is 11.4 Å². The van der Waals surface area contributed by atoms with Crippen LogP contribution in [-0.4, -0.2) is 41.1 Å². The van der Waals surface area contributed by atoms with Crippen molar-refractivity contribution in [2.45, 2.75) is 58.0 Å². The van der Waals surface area contributed by atoms with Crippen molar-refractivity contribution in [2.75, 3.05) is 13.1 Å². The molecule has 0 amide bonds. The zero-order valence-corrected chi connectivity index (χ0v) is 13.3. The Morgan fingerprint density at radius 2 is 1.75 bits per heavy atom. The van der Waals surface area contributed by atoms with Crippen molar-refractivity contribution < 1.29 is 13.5 Å². The Labute approximate surface area is 121 Å². The summed E-state index contributed by atoms with van der Waals surface area (Å²) in [5.74, 6) is 0. The number of nitrogens with one attached hydrogen (secondary N) is 1. The molecular weight excluding hydrogens is 278 g/mol. The lowest BCUT2D eigenvalue weighted by Gasteiger charge is -2.22. The second kappa shape index (κ2) is 7.75. The molecule has 1 aromatic rings. The van der Waals surface area contributed by atoms with E-state index in [4.69, 9.17) is 0 Å². The fraction of sp³-hybridized carbons (Fsp3) is 0.769. The number of sulfonamides is 1. The molecule has 0 aliphatic rings. The standard InChI is InChI=1S/C13H25N3O3S/c1-4-6-8-16(9-7-5-2)20(18,19)13-11(3)14-15-12(13)10-17/h17H,4-10H2,1-3H3,(H,14,15). The third-order valence-electron chi connectivity index (χ3n) is 3.23. The number of hydrogen-bond donors (Lipinski definition) is 2. The maximum atomic E-state index is 12.8. The highest BCUT2D eigenvalue weighted by Gasteiger charge is 2.29. The fourth-order valence-electron chi connectivity index (χ4n) is 2.07. The fourth-order valence-corrected chi connectivity index (χ4v) is 3.91. The predicted molar refractivity (Wildman–Crippen MR) is 77.8 cm³/mol. The smallest absolute Gasteiger partial charge is 0.246 e. The molecule has 0 saturated heterocycles. The van der Waals surface area contributed by atoms with E-state index in [1.807, 2.05) is 13.8 Å². The van der Waals surface area contributed by atoms with Crippen LogP contribution in [0.2, 0.25) is 0 Å². The zero-order chi connectivity index (χ0) is 15.2. The third kappa shape index (κ3) is 3.80. The van der Waals surface area contributed by atoms with Gasteiger partial charge in [0.25, 0.3) is 0 Å². The van der Waals surface area contributed by atoms with Gasteiger partial charge in [-0.2, -0.15) is 9.40 Å². The summed E-state index contributed by atoms with van der Waals surface area (Å²) in [7, 11) is -3.60. The normalized spacial score (nSPS) is 12.2. The molecule has 1 aromatic heterocycles. The summed E-state index contributed by atoms with van der Waals surface area (Å²) >= 11 is 0. The van der Waals surface area contributed by atoms with Gasteiger partial charge in [0.05, 0.1) is 12.3 Å². The minimum absolute atomic E-state index is 0.132. The second-order valence-electron chi connectivity index (χ2n) is 4.89. The Balaban J connectivity index is 3.10. The molecule has 0 bridgehead atoms. The monoisotopic (exact) mass is 303 g/mol. The van der Waals surface area contributed by atoms with Crippen molar-refractivity contribution >= 4 is 10.0 Å². The van der Waals surface area contributed by atoms with Crippen LogP contribution in [0.25, 0.3) is 0 Å². The molecule has 0 radical (unpaired) electrons. The summed E-state index contributed by atoms with van der Waals surface area (Å²) in [5, 5.41) is 15.8. The van der Waals surface area contributed by atoms with Crippen LogP contribution < -0.4 is 0 Å². The van der Waals surface area contributed by atoms with E-state index in [2.05, 4.69) is 10.2 Å². The number of H-pyrrole nitrogens is 1. The molecule has 116 valence electrons. The average Bonchev–Trinajstić information content (AvgIpc) is 2.80. The van der Waals surface area contributed by atoms with Gasteiger partial charge in [-0.1, -0.05) is 26.7 Å². The highest BCUT2D eigenvalue weighted by atomic mass is 32.2. The summed E-state index contributed by atoms with van der Waals surface area (Å²) in [5.41, 5.74) is 0.674. The van der Waals surface area contributed by atoms with Crippen LogP contribution in [0.5, 0.6) is 0 Å². The van der Waals surface area contributed by atoms with Crippen molar-refractivity contribution in [1.29, 1.82) is 0 Å². The van der Waals surface area contributed by atoms with E-state index in [0.717, 1.165) is 25.7 Å². The highest BCUT2D eigenvalue weighted by molar-refractivity contribution is 7.89. The van der Waals surface area contributed by atoms with Crippen LogP contribution >= 0.6 is 0 Å². The predicted octanol–water partition coefficient (Wildman–Crippen LogP) is 1.80. The molecule has 1 heterocycles. The maximum absolute atomic E-state index is 12.8. The van der Waals surface area contributed by atoms with Crippen LogP contribution in [0, 0.1) is 6.92 Å². The van der Waals surface area contributed by atoms with Gasteiger partial charge in [-0.15, -0.1) is 0 Å². The van der Waals surface area contributed by atoms with Gasteiger partial charge >= 0.3 is 0 Å². The van der Waals surface area contributed by atoms with Crippen LogP contribution in [0.15, 0.2) is 4.90 Å². The number of aromatic amines is 1.